The lowest BCUT2D eigenvalue weighted by Gasteiger charge is -2.14. The summed E-state index contributed by atoms with van der Waals surface area (Å²) < 4.78 is 13.3. The molecule has 1 aliphatic carbocycles. The van der Waals surface area contributed by atoms with E-state index in [4.69, 9.17) is 5.11 Å². The molecule has 0 heterocycles. The van der Waals surface area contributed by atoms with Crippen molar-refractivity contribution in [3.05, 3.63) is 33.6 Å². The van der Waals surface area contributed by atoms with Crippen LogP contribution in [0.25, 0.3) is 0 Å². The topological polar surface area (TPSA) is 101 Å². The van der Waals surface area contributed by atoms with Gasteiger partial charge in [0.05, 0.1) is 17.4 Å². The van der Waals surface area contributed by atoms with Gasteiger partial charge in [-0.15, -0.1) is 0 Å². The molecule has 7 heteroatoms. The first-order chi connectivity index (χ1) is 8.35. The first-order valence-electron chi connectivity index (χ1n) is 5.25. The van der Waals surface area contributed by atoms with E-state index in [9.17, 15) is 24.4 Å². The molecule has 96 valence electrons. The number of phenolic OH excluding ortho intramolecular Hbond substituents is 1. The molecule has 1 saturated carbocycles. The zero-order valence-electron chi connectivity index (χ0n) is 9.22. The molecule has 0 unspecified atom stereocenters. The Morgan fingerprint density at radius 2 is 2.11 bits per heavy atom. The zero-order valence-corrected chi connectivity index (χ0v) is 9.22. The van der Waals surface area contributed by atoms with Gasteiger partial charge in [0, 0.05) is 11.0 Å². The van der Waals surface area contributed by atoms with Crippen molar-refractivity contribution in [1.82, 2.24) is 0 Å². The van der Waals surface area contributed by atoms with E-state index < -0.39 is 33.6 Å². The van der Waals surface area contributed by atoms with Gasteiger partial charge in [-0.1, -0.05) is 0 Å². The number of carboxylic acid groups (broad SMARTS) is 1. The first kappa shape index (κ1) is 12.3. The second kappa shape index (κ2) is 3.94. The highest BCUT2D eigenvalue weighted by Gasteiger charge is 2.49. The van der Waals surface area contributed by atoms with Crippen LogP contribution >= 0.6 is 0 Å². The normalized spacial score (nSPS) is 16.3. The van der Waals surface area contributed by atoms with Gasteiger partial charge < -0.3 is 10.2 Å². The zero-order chi connectivity index (χ0) is 13.5. The molecule has 0 aliphatic heterocycles. The van der Waals surface area contributed by atoms with Crippen molar-refractivity contribution < 1.29 is 24.3 Å². The van der Waals surface area contributed by atoms with Crippen molar-refractivity contribution in [1.29, 1.82) is 0 Å². The molecule has 1 fully saturated rings. The minimum absolute atomic E-state index is 0.0107. The molecule has 2 N–H and O–H groups in total. The van der Waals surface area contributed by atoms with Gasteiger partial charge in [0.2, 0.25) is 0 Å². The Bertz CT molecular complexity index is 538. The number of hydrogen-bond donors (Lipinski definition) is 2. The molecule has 0 saturated heterocycles. The van der Waals surface area contributed by atoms with Crippen molar-refractivity contribution in [3.8, 4) is 5.75 Å². The number of aromatic hydroxyl groups is 1. The molecule has 0 aromatic heterocycles. The number of halogens is 1. The Morgan fingerprint density at radius 3 is 2.56 bits per heavy atom. The SMILES string of the molecule is O=C(O)CC1(c2cc(F)cc([N+](=O)[O-])c2O)CC1. The summed E-state index contributed by atoms with van der Waals surface area (Å²) in [7, 11) is 0. The number of aliphatic carboxylic acids is 1. The predicted octanol–water partition coefficient (Wildman–Crippen LogP) is 1.95. The maximum atomic E-state index is 13.3. The third-order valence-electron chi connectivity index (χ3n) is 3.17. The van der Waals surface area contributed by atoms with E-state index in [2.05, 4.69) is 0 Å². The van der Waals surface area contributed by atoms with Gasteiger partial charge in [0.25, 0.3) is 0 Å². The minimum Gasteiger partial charge on any atom is -0.502 e. The summed E-state index contributed by atoms with van der Waals surface area (Å²) in [5, 5.41) is 29.2. The van der Waals surface area contributed by atoms with Crippen molar-refractivity contribution >= 4 is 11.7 Å². The molecule has 18 heavy (non-hydrogen) atoms. The highest BCUT2D eigenvalue weighted by atomic mass is 19.1. The third-order valence-corrected chi connectivity index (χ3v) is 3.17. The second-order valence-corrected chi connectivity index (χ2v) is 4.43. The highest BCUT2D eigenvalue weighted by molar-refractivity contribution is 5.71. The number of nitro benzene ring substituents is 1. The molecule has 0 spiro atoms. The summed E-state index contributed by atoms with van der Waals surface area (Å²) in [6, 6.07) is 1.59. The molecule has 0 bridgehead atoms. The lowest BCUT2D eigenvalue weighted by atomic mass is 9.91. The van der Waals surface area contributed by atoms with Crippen LogP contribution in [0.3, 0.4) is 0 Å². The van der Waals surface area contributed by atoms with Gasteiger partial charge in [-0.3, -0.25) is 14.9 Å². The smallest absolute Gasteiger partial charge is 0.313 e. The van der Waals surface area contributed by atoms with Crippen LogP contribution in [0.5, 0.6) is 5.75 Å². The Morgan fingerprint density at radius 1 is 1.50 bits per heavy atom. The van der Waals surface area contributed by atoms with E-state index in [0.29, 0.717) is 18.9 Å². The number of benzene rings is 1. The Balaban J connectivity index is 2.51. The molecule has 0 radical (unpaired) electrons. The maximum absolute atomic E-state index is 13.3. The van der Waals surface area contributed by atoms with Crippen molar-refractivity contribution in [2.75, 3.05) is 0 Å². The van der Waals surface area contributed by atoms with Gasteiger partial charge in [-0.05, 0) is 18.9 Å². The highest BCUT2D eigenvalue weighted by Crippen LogP contribution is 2.55. The van der Waals surface area contributed by atoms with Crippen molar-refractivity contribution in [2.45, 2.75) is 24.7 Å². The number of phenols is 1. The Hall–Kier alpha value is -2.18. The molecule has 1 aromatic carbocycles. The van der Waals surface area contributed by atoms with Crippen LogP contribution in [0.15, 0.2) is 12.1 Å². The first-order valence-corrected chi connectivity index (χ1v) is 5.25. The average Bonchev–Trinajstić information content (AvgIpc) is 3.00. The molecule has 0 atom stereocenters. The molecule has 1 aromatic rings. The van der Waals surface area contributed by atoms with Gasteiger partial charge in [-0.2, -0.15) is 0 Å². The van der Waals surface area contributed by atoms with Crippen LogP contribution in [0.2, 0.25) is 0 Å². The quantitative estimate of drug-likeness (QED) is 0.632. The number of nitrogens with zero attached hydrogens (tertiary/aromatic N) is 1. The van der Waals surface area contributed by atoms with E-state index >= 15 is 0 Å². The summed E-state index contributed by atoms with van der Waals surface area (Å²) in [6.07, 6.45) is 0.655. The van der Waals surface area contributed by atoms with Crippen LogP contribution < -0.4 is 0 Å². The molecule has 2 rings (SSSR count). The summed E-state index contributed by atoms with van der Waals surface area (Å²) in [5.41, 5.74) is -1.60. The molecule has 0 amide bonds. The number of carboxylic acids is 1. The number of carbonyl (C=O) groups is 1. The summed E-state index contributed by atoms with van der Waals surface area (Å²) in [6.45, 7) is 0. The van der Waals surface area contributed by atoms with Gasteiger partial charge in [0.15, 0.2) is 5.75 Å². The minimum atomic E-state index is -1.08. The molecule has 1 aliphatic rings. The van der Waals surface area contributed by atoms with E-state index in [-0.39, 0.29) is 12.0 Å². The standard InChI is InChI=1S/C11H10FNO5/c12-6-3-7(10(16)8(4-6)13(17)18)11(1-2-11)5-9(14)15/h3-4,16H,1-2,5H2,(H,14,15). The Kier molecular flexibility index (Phi) is 2.68. The van der Waals surface area contributed by atoms with E-state index in [0.717, 1.165) is 6.07 Å². The summed E-state index contributed by atoms with van der Waals surface area (Å²) >= 11 is 0. The number of rotatable bonds is 4. The fraction of sp³-hybridized carbons (Fsp3) is 0.364. The van der Waals surface area contributed by atoms with Crippen LogP contribution in [-0.2, 0) is 10.2 Å². The fourth-order valence-corrected chi connectivity index (χ4v) is 2.11. The van der Waals surface area contributed by atoms with Gasteiger partial charge in [-0.25, -0.2) is 4.39 Å². The van der Waals surface area contributed by atoms with Crippen molar-refractivity contribution in [3.63, 3.8) is 0 Å². The predicted molar refractivity (Wildman–Crippen MR) is 57.9 cm³/mol. The second-order valence-electron chi connectivity index (χ2n) is 4.43. The largest absolute Gasteiger partial charge is 0.502 e. The lowest BCUT2D eigenvalue weighted by Crippen LogP contribution is -2.14. The van der Waals surface area contributed by atoms with Crippen molar-refractivity contribution in [2.24, 2.45) is 0 Å². The molecular weight excluding hydrogens is 245 g/mol. The fourth-order valence-electron chi connectivity index (χ4n) is 2.11. The van der Waals surface area contributed by atoms with Crippen LogP contribution in [0.1, 0.15) is 24.8 Å². The number of hydrogen-bond acceptors (Lipinski definition) is 4. The lowest BCUT2D eigenvalue weighted by molar-refractivity contribution is -0.386. The van der Waals surface area contributed by atoms with Crippen LogP contribution in [0.4, 0.5) is 10.1 Å². The average molecular weight is 255 g/mol. The van der Waals surface area contributed by atoms with Crippen LogP contribution in [0, 0.1) is 15.9 Å². The van der Waals surface area contributed by atoms with E-state index in [1.54, 1.807) is 0 Å². The van der Waals surface area contributed by atoms with Crippen LogP contribution in [-0.4, -0.2) is 21.1 Å². The van der Waals surface area contributed by atoms with Gasteiger partial charge >= 0.3 is 11.7 Å². The van der Waals surface area contributed by atoms with E-state index in [1.807, 2.05) is 0 Å². The molecular formula is C11H10FNO5. The van der Waals surface area contributed by atoms with E-state index in [1.165, 1.54) is 0 Å². The third kappa shape index (κ3) is 1.99. The Labute approximate surface area is 101 Å². The summed E-state index contributed by atoms with van der Waals surface area (Å²) in [5.74, 6) is -2.58. The monoisotopic (exact) mass is 255 g/mol. The van der Waals surface area contributed by atoms with Gasteiger partial charge in [0.1, 0.15) is 5.82 Å². The summed E-state index contributed by atoms with van der Waals surface area (Å²) in [4.78, 5) is 20.5. The molecule has 6 nitrogen and oxygen atoms in total. The maximum Gasteiger partial charge on any atom is 0.313 e. The number of nitro groups is 1.